The van der Waals surface area contributed by atoms with Crippen molar-refractivity contribution in [3.63, 3.8) is 0 Å². The molecule has 14 heteroatoms. The highest BCUT2D eigenvalue weighted by atomic mass is 35.5. The Morgan fingerprint density at radius 1 is 1.05 bits per heavy atom. The van der Waals surface area contributed by atoms with Gasteiger partial charge >= 0.3 is 0 Å². The van der Waals surface area contributed by atoms with Crippen molar-refractivity contribution in [1.29, 1.82) is 0 Å². The number of rotatable bonds is 9. The lowest BCUT2D eigenvalue weighted by Crippen LogP contribution is -2.48. The Balaban J connectivity index is 1.03. The first kappa shape index (κ1) is 29.1. The molecule has 0 bridgehead atoms. The predicted octanol–water partition coefficient (Wildman–Crippen LogP) is 3.91. The molecule has 222 valence electrons. The Bertz CT molecular complexity index is 1570. The molecule has 2 aliphatic heterocycles. The van der Waals surface area contributed by atoms with Gasteiger partial charge in [-0.25, -0.2) is 18.4 Å². The van der Waals surface area contributed by atoms with Gasteiger partial charge in [0, 0.05) is 61.0 Å². The van der Waals surface area contributed by atoms with Crippen LogP contribution in [0.2, 0.25) is 10.0 Å². The summed E-state index contributed by atoms with van der Waals surface area (Å²) >= 11 is 12.7. The lowest BCUT2D eigenvalue weighted by Gasteiger charge is -2.41. The first-order valence-electron chi connectivity index (χ1n) is 13.5. The van der Waals surface area contributed by atoms with E-state index >= 15 is 0 Å². The molecule has 4 heterocycles. The largest absolute Gasteiger partial charge is 0.369 e. The van der Waals surface area contributed by atoms with Crippen LogP contribution in [0.1, 0.15) is 11.1 Å². The molecule has 6 rings (SSSR count). The van der Waals surface area contributed by atoms with Crippen LogP contribution >= 0.6 is 23.2 Å². The molecule has 0 unspecified atom stereocenters. The van der Waals surface area contributed by atoms with Crippen LogP contribution in [0.3, 0.4) is 0 Å². The van der Waals surface area contributed by atoms with Gasteiger partial charge in [0.25, 0.3) is 10.0 Å². The fraction of sp³-hybridized carbons (Fsp3) is 0.357. The van der Waals surface area contributed by atoms with Crippen LogP contribution in [0.15, 0.2) is 78.7 Å². The summed E-state index contributed by atoms with van der Waals surface area (Å²) in [7, 11) is -3.58. The molecular weight excluding hydrogens is 603 g/mol. The van der Waals surface area contributed by atoms with Gasteiger partial charge in [-0.1, -0.05) is 41.4 Å². The second-order valence-electron chi connectivity index (χ2n) is 10.1. The highest BCUT2D eigenvalue weighted by molar-refractivity contribution is 7.89. The molecule has 2 fully saturated rings. The molecule has 0 atom stereocenters. The Hall–Kier alpha value is -2.97. The van der Waals surface area contributed by atoms with Crippen molar-refractivity contribution in [3.05, 3.63) is 94.9 Å². The number of hydrogen-bond donors (Lipinski definition) is 1. The first-order chi connectivity index (χ1) is 20.3. The van der Waals surface area contributed by atoms with E-state index < -0.39 is 15.8 Å². The van der Waals surface area contributed by atoms with Crippen LogP contribution in [0.4, 0.5) is 5.69 Å². The number of imidazole rings is 2. The molecule has 11 nitrogen and oxygen atoms in total. The van der Waals surface area contributed by atoms with E-state index in [4.69, 9.17) is 37.4 Å². The van der Waals surface area contributed by atoms with Gasteiger partial charge in [0.15, 0.2) is 5.03 Å². The number of piperazine rings is 1. The first-order valence-corrected chi connectivity index (χ1v) is 15.7. The van der Waals surface area contributed by atoms with E-state index in [1.54, 1.807) is 24.7 Å². The SMILES string of the molecule is O=S(=O)(c1c[nH]cn1)N1CCN(c2ccc(CO[C@H]3CO[C@@](Cn4ccnc4)(c4ccc(Cl)cc4Cl)OC3)cc2)CC1. The topological polar surface area (TPSA) is 115 Å². The zero-order valence-electron chi connectivity index (χ0n) is 22.6. The minimum atomic E-state index is -3.58. The summed E-state index contributed by atoms with van der Waals surface area (Å²) in [6, 6.07) is 13.4. The fourth-order valence-corrected chi connectivity index (χ4v) is 6.98. The number of sulfonamides is 1. The van der Waals surface area contributed by atoms with Gasteiger partial charge in [-0.05, 0) is 29.8 Å². The highest BCUT2D eigenvalue weighted by Gasteiger charge is 2.42. The second kappa shape index (κ2) is 12.3. The molecule has 42 heavy (non-hydrogen) atoms. The Labute approximate surface area is 254 Å². The van der Waals surface area contributed by atoms with Crippen molar-refractivity contribution in [2.75, 3.05) is 44.3 Å². The van der Waals surface area contributed by atoms with E-state index in [0.29, 0.717) is 68.2 Å². The zero-order valence-corrected chi connectivity index (χ0v) is 24.9. The summed E-state index contributed by atoms with van der Waals surface area (Å²) in [6.45, 7) is 3.36. The summed E-state index contributed by atoms with van der Waals surface area (Å²) in [5.74, 6) is -1.11. The van der Waals surface area contributed by atoms with Crippen LogP contribution < -0.4 is 4.90 Å². The highest BCUT2D eigenvalue weighted by Crippen LogP contribution is 2.38. The van der Waals surface area contributed by atoms with Crippen molar-refractivity contribution in [2.45, 2.75) is 30.1 Å². The van der Waals surface area contributed by atoms with E-state index in [1.165, 1.54) is 16.8 Å². The predicted molar refractivity (Wildman–Crippen MR) is 157 cm³/mol. The molecule has 0 radical (unpaired) electrons. The third-order valence-corrected chi connectivity index (χ3v) is 9.74. The average Bonchev–Trinajstić information content (AvgIpc) is 3.73. The molecule has 4 aromatic rings. The Kier molecular flexibility index (Phi) is 8.55. The summed E-state index contributed by atoms with van der Waals surface area (Å²) < 4.78 is 47.6. The second-order valence-corrected chi connectivity index (χ2v) is 12.9. The van der Waals surface area contributed by atoms with Crippen LogP contribution in [0.25, 0.3) is 0 Å². The third kappa shape index (κ3) is 6.20. The van der Waals surface area contributed by atoms with Crippen LogP contribution in [0, 0.1) is 0 Å². The average molecular weight is 634 g/mol. The Morgan fingerprint density at radius 3 is 2.45 bits per heavy atom. The summed E-state index contributed by atoms with van der Waals surface area (Å²) in [4.78, 5) is 12.9. The maximum absolute atomic E-state index is 12.7. The van der Waals surface area contributed by atoms with Gasteiger partial charge in [-0.3, -0.25) is 0 Å². The zero-order chi connectivity index (χ0) is 29.2. The number of benzene rings is 2. The lowest BCUT2D eigenvalue weighted by atomic mass is 10.0. The van der Waals surface area contributed by atoms with Crippen LogP contribution in [0.5, 0.6) is 0 Å². The Morgan fingerprint density at radius 2 is 1.81 bits per heavy atom. The smallest absolute Gasteiger partial charge is 0.262 e. The van der Waals surface area contributed by atoms with Crippen LogP contribution in [-0.4, -0.2) is 77.7 Å². The number of aromatic nitrogens is 4. The molecule has 0 aliphatic carbocycles. The molecular formula is C28H30Cl2N6O5S. The molecule has 0 amide bonds. The molecule has 0 saturated carbocycles. The molecule has 1 N–H and O–H groups in total. The van der Waals surface area contributed by atoms with Gasteiger partial charge in [0.2, 0.25) is 5.79 Å². The molecule has 2 aliphatic rings. The number of H-pyrrole nitrogens is 1. The number of aromatic amines is 1. The molecule has 2 saturated heterocycles. The summed E-state index contributed by atoms with van der Waals surface area (Å²) in [5.41, 5.74) is 2.73. The normalized spacial score (nSPS) is 22.0. The number of hydrogen-bond acceptors (Lipinski definition) is 8. The van der Waals surface area contributed by atoms with E-state index in [0.717, 1.165) is 11.3 Å². The quantitative estimate of drug-likeness (QED) is 0.295. The van der Waals surface area contributed by atoms with Crippen LogP contribution in [-0.2, 0) is 43.2 Å². The minimum Gasteiger partial charge on any atom is -0.369 e. The number of nitrogens with one attached hydrogen (secondary N) is 1. The van der Waals surface area contributed by atoms with Gasteiger partial charge in [0.1, 0.15) is 6.10 Å². The van der Waals surface area contributed by atoms with Crippen molar-refractivity contribution in [1.82, 2.24) is 23.8 Å². The lowest BCUT2D eigenvalue weighted by molar-refractivity contribution is -0.313. The van der Waals surface area contributed by atoms with E-state index in [2.05, 4.69) is 19.9 Å². The van der Waals surface area contributed by atoms with Gasteiger partial charge < -0.3 is 28.7 Å². The summed E-state index contributed by atoms with van der Waals surface area (Å²) in [6.07, 6.45) is 7.75. The van der Waals surface area contributed by atoms with Crippen molar-refractivity contribution >= 4 is 38.9 Å². The number of nitrogens with zero attached hydrogens (tertiary/aromatic N) is 5. The van der Waals surface area contributed by atoms with Gasteiger partial charge in [0.05, 0.1) is 44.0 Å². The van der Waals surface area contributed by atoms with Crippen molar-refractivity contribution in [3.8, 4) is 0 Å². The molecule has 0 spiro atoms. The number of ether oxygens (including phenoxy) is 3. The number of halogens is 2. The fourth-order valence-electron chi connectivity index (χ4n) is 5.12. The molecule has 2 aromatic carbocycles. The number of anilines is 1. The maximum Gasteiger partial charge on any atom is 0.262 e. The monoisotopic (exact) mass is 632 g/mol. The van der Waals surface area contributed by atoms with E-state index in [9.17, 15) is 8.42 Å². The van der Waals surface area contributed by atoms with Gasteiger partial charge in [-0.2, -0.15) is 4.31 Å². The minimum absolute atomic E-state index is 0.0479. The summed E-state index contributed by atoms with van der Waals surface area (Å²) in [5, 5.41) is 1.04. The van der Waals surface area contributed by atoms with Crippen molar-refractivity contribution in [2.24, 2.45) is 0 Å². The third-order valence-electron chi connectivity index (χ3n) is 7.40. The van der Waals surface area contributed by atoms with Crippen molar-refractivity contribution < 1.29 is 22.6 Å². The maximum atomic E-state index is 12.7. The molecule has 2 aromatic heterocycles. The van der Waals surface area contributed by atoms with E-state index in [1.807, 2.05) is 41.1 Å². The van der Waals surface area contributed by atoms with Gasteiger partial charge in [-0.15, -0.1) is 0 Å². The standard InChI is InChI=1S/C28H30Cl2N6O5S/c29-22-3-6-25(26(30)13-22)28(18-34-8-7-31-20-34)40-16-24(17-41-28)39-15-21-1-4-23(5-2-21)35-9-11-36(12-10-35)42(37,38)27-14-32-19-33-27/h1-8,13-14,19-20,24H,9-12,15-18H2,(H,32,33)/t24-,28+. The van der Waals surface area contributed by atoms with E-state index in [-0.39, 0.29) is 11.1 Å².